The maximum atomic E-state index is 12.5. The Kier molecular flexibility index (Phi) is 4.74. The molecule has 3 rings (SSSR count). The second-order valence-corrected chi connectivity index (χ2v) is 7.80. The molecule has 0 aliphatic rings. The largest absolute Gasteiger partial charge is 0.361 e. The van der Waals surface area contributed by atoms with Crippen LogP contribution in [0.5, 0.6) is 0 Å². The summed E-state index contributed by atoms with van der Waals surface area (Å²) in [5.41, 5.74) is 4.59. The first kappa shape index (κ1) is 17.4. The zero-order valence-corrected chi connectivity index (χ0v) is 15.2. The van der Waals surface area contributed by atoms with Gasteiger partial charge in [-0.2, -0.15) is 0 Å². The summed E-state index contributed by atoms with van der Waals surface area (Å²) >= 11 is 0. The summed E-state index contributed by atoms with van der Waals surface area (Å²) in [6.07, 6.45) is 0. The number of nitrogens with zero attached hydrogens (tertiary/aromatic N) is 1. The number of sulfonamides is 1. The molecule has 3 aromatic rings. The molecule has 1 N–H and O–H groups in total. The van der Waals surface area contributed by atoms with Crippen molar-refractivity contribution < 1.29 is 12.9 Å². The van der Waals surface area contributed by atoms with Crippen LogP contribution in [0.1, 0.15) is 22.6 Å². The lowest BCUT2D eigenvalue weighted by Gasteiger charge is -2.08. The van der Waals surface area contributed by atoms with Crippen LogP contribution in [-0.2, 0) is 16.6 Å². The van der Waals surface area contributed by atoms with E-state index < -0.39 is 10.0 Å². The molecule has 0 aliphatic carbocycles. The van der Waals surface area contributed by atoms with Crippen LogP contribution in [0.4, 0.5) is 0 Å². The van der Waals surface area contributed by atoms with E-state index in [0.29, 0.717) is 5.76 Å². The predicted molar refractivity (Wildman–Crippen MR) is 96.6 cm³/mol. The molecule has 0 fully saturated rings. The molecule has 25 heavy (non-hydrogen) atoms. The Morgan fingerprint density at radius 3 is 2.36 bits per heavy atom. The van der Waals surface area contributed by atoms with Crippen LogP contribution >= 0.6 is 0 Å². The highest BCUT2D eigenvalue weighted by Crippen LogP contribution is 2.27. The fourth-order valence-corrected chi connectivity index (χ4v) is 3.80. The van der Waals surface area contributed by atoms with Crippen molar-refractivity contribution in [3.8, 4) is 11.1 Å². The summed E-state index contributed by atoms with van der Waals surface area (Å²) in [5, 5.41) is 3.93. The molecule has 0 spiro atoms. The van der Waals surface area contributed by atoms with Gasteiger partial charge in [0.05, 0.1) is 10.6 Å². The lowest BCUT2D eigenvalue weighted by atomic mass is 10.0. The molecule has 0 saturated carbocycles. The van der Waals surface area contributed by atoms with Crippen LogP contribution in [0, 0.1) is 20.8 Å². The van der Waals surface area contributed by atoms with Crippen molar-refractivity contribution in [2.45, 2.75) is 32.2 Å². The summed E-state index contributed by atoms with van der Waals surface area (Å²) in [5.74, 6) is 0.714. The van der Waals surface area contributed by atoms with Gasteiger partial charge in [0.25, 0.3) is 0 Å². The maximum Gasteiger partial charge on any atom is 0.240 e. The molecule has 1 heterocycles. The van der Waals surface area contributed by atoms with E-state index in [1.807, 2.05) is 45.0 Å². The fourth-order valence-electron chi connectivity index (χ4n) is 2.78. The Morgan fingerprint density at radius 1 is 1.04 bits per heavy atom. The monoisotopic (exact) mass is 356 g/mol. The average molecular weight is 356 g/mol. The van der Waals surface area contributed by atoms with Crippen LogP contribution in [0.15, 0.2) is 57.9 Å². The fraction of sp³-hybridized carbons (Fsp3) is 0.211. The minimum absolute atomic E-state index is 0.232. The highest BCUT2D eigenvalue weighted by molar-refractivity contribution is 7.89. The average Bonchev–Trinajstić information content (AvgIpc) is 2.92. The topological polar surface area (TPSA) is 72.2 Å². The van der Waals surface area contributed by atoms with Gasteiger partial charge in [0, 0.05) is 12.1 Å². The molecule has 2 aromatic carbocycles. The number of aryl methyl sites for hydroxylation is 3. The quantitative estimate of drug-likeness (QED) is 0.756. The summed E-state index contributed by atoms with van der Waals surface area (Å²) < 4.78 is 32.8. The molecule has 0 radical (unpaired) electrons. The Labute approximate surface area is 147 Å². The van der Waals surface area contributed by atoms with Crippen LogP contribution in [-0.4, -0.2) is 13.6 Å². The highest BCUT2D eigenvalue weighted by Gasteiger charge is 2.16. The predicted octanol–water partition coefficient (Wildman–Crippen LogP) is 3.75. The molecule has 1 aromatic heterocycles. The van der Waals surface area contributed by atoms with E-state index in [2.05, 4.69) is 9.88 Å². The number of nitrogens with one attached hydrogen (secondary N) is 1. The van der Waals surface area contributed by atoms with Gasteiger partial charge in [-0.15, -0.1) is 0 Å². The van der Waals surface area contributed by atoms with Gasteiger partial charge in [-0.05, 0) is 44.0 Å². The molecular formula is C19H20N2O3S. The molecule has 6 heteroatoms. The summed E-state index contributed by atoms with van der Waals surface area (Å²) in [6.45, 7) is 5.93. The Bertz CT molecular complexity index is 970. The molecule has 0 bridgehead atoms. The third-order valence-corrected chi connectivity index (χ3v) is 5.45. The van der Waals surface area contributed by atoms with Gasteiger partial charge in [-0.25, -0.2) is 13.1 Å². The van der Waals surface area contributed by atoms with Crippen molar-refractivity contribution in [2.24, 2.45) is 0 Å². The first-order valence-corrected chi connectivity index (χ1v) is 9.43. The van der Waals surface area contributed by atoms with Gasteiger partial charge in [-0.1, -0.05) is 47.1 Å². The smallest absolute Gasteiger partial charge is 0.240 e. The van der Waals surface area contributed by atoms with Crippen molar-refractivity contribution in [2.75, 3.05) is 0 Å². The number of hydrogen-bond donors (Lipinski definition) is 1. The lowest BCUT2D eigenvalue weighted by molar-refractivity contribution is 0.393. The van der Waals surface area contributed by atoms with Crippen LogP contribution < -0.4 is 4.72 Å². The Morgan fingerprint density at radius 2 is 1.76 bits per heavy atom. The number of hydrogen-bond acceptors (Lipinski definition) is 4. The van der Waals surface area contributed by atoms with Crippen molar-refractivity contribution in [3.05, 3.63) is 71.1 Å². The minimum atomic E-state index is -3.57. The molecule has 0 saturated heterocycles. The SMILES string of the molecule is Cc1cccc(CNS(=O)(=O)c2ccc(-c3c(C)noc3C)cc2)c1. The zero-order chi connectivity index (χ0) is 18.0. The second-order valence-electron chi connectivity index (χ2n) is 6.04. The molecule has 0 aliphatic heterocycles. The van der Waals surface area contributed by atoms with E-state index in [1.54, 1.807) is 24.3 Å². The van der Waals surface area contributed by atoms with Crippen molar-refractivity contribution in [1.82, 2.24) is 9.88 Å². The first-order chi connectivity index (χ1) is 11.9. The van der Waals surface area contributed by atoms with E-state index in [9.17, 15) is 8.42 Å². The van der Waals surface area contributed by atoms with Crippen molar-refractivity contribution >= 4 is 10.0 Å². The van der Waals surface area contributed by atoms with Gasteiger partial charge in [-0.3, -0.25) is 0 Å². The molecular weight excluding hydrogens is 336 g/mol. The van der Waals surface area contributed by atoms with E-state index in [1.165, 1.54) is 0 Å². The minimum Gasteiger partial charge on any atom is -0.361 e. The second kappa shape index (κ2) is 6.82. The van der Waals surface area contributed by atoms with E-state index in [4.69, 9.17) is 4.52 Å². The lowest BCUT2D eigenvalue weighted by Crippen LogP contribution is -2.23. The van der Waals surface area contributed by atoms with E-state index >= 15 is 0 Å². The van der Waals surface area contributed by atoms with Crippen LogP contribution in [0.3, 0.4) is 0 Å². The standard InChI is InChI=1S/C19H20N2O3S/c1-13-5-4-6-16(11-13)12-20-25(22,23)18-9-7-17(8-10-18)19-14(2)21-24-15(19)3/h4-11,20H,12H2,1-3H3. The van der Waals surface area contributed by atoms with Gasteiger partial charge >= 0.3 is 0 Å². The van der Waals surface area contributed by atoms with Crippen molar-refractivity contribution in [3.63, 3.8) is 0 Å². The molecule has 0 amide bonds. The summed E-state index contributed by atoms with van der Waals surface area (Å²) in [7, 11) is -3.57. The Balaban J connectivity index is 1.79. The summed E-state index contributed by atoms with van der Waals surface area (Å²) in [6, 6.07) is 14.5. The first-order valence-electron chi connectivity index (χ1n) is 7.95. The summed E-state index contributed by atoms with van der Waals surface area (Å²) in [4.78, 5) is 0.232. The van der Waals surface area contributed by atoms with Gasteiger partial charge < -0.3 is 4.52 Å². The van der Waals surface area contributed by atoms with Gasteiger partial charge in [0.2, 0.25) is 10.0 Å². The van der Waals surface area contributed by atoms with Gasteiger partial charge in [0.15, 0.2) is 0 Å². The molecule has 5 nitrogen and oxygen atoms in total. The van der Waals surface area contributed by atoms with E-state index in [-0.39, 0.29) is 11.4 Å². The molecule has 0 atom stereocenters. The van der Waals surface area contributed by atoms with E-state index in [0.717, 1.165) is 27.9 Å². The number of aromatic nitrogens is 1. The van der Waals surface area contributed by atoms with Crippen molar-refractivity contribution in [1.29, 1.82) is 0 Å². The van der Waals surface area contributed by atoms with Crippen LogP contribution in [0.2, 0.25) is 0 Å². The number of benzene rings is 2. The zero-order valence-electron chi connectivity index (χ0n) is 14.4. The normalized spacial score (nSPS) is 11.6. The highest BCUT2D eigenvalue weighted by atomic mass is 32.2. The maximum absolute atomic E-state index is 12.5. The third-order valence-electron chi connectivity index (χ3n) is 4.04. The van der Waals surface area contributed by atoms with Gasteiger partial charge in [0.1, 0.15) is 5.76 Å². The molecule has 130 valence electrons. The Hall–Kier alpha value is -2.44. The van der Waals surface area contributed by atoms with Crippen LogP contribution in [0.25, 0.3) is 11.1 Å². The third kappa shape index (κ3) is 3.81. The number of rotatable bonds is 5. The molecule has 0 unspecified atom stereocenters.